The number of benzene rings is 2. The van der Waals surface area contributed by atoms with Crippen molar-refractivity contribution in [1.29, 1.82) is 0 Å². The van der Waals surface area contributed by atoms with Crippen LogP contribution >= 0.6 is 0 Å². The molecule has 4 rings (SSSR count). The van der Waals surface area contributed by atoms with Crippen LogP contribution in [0.25, 0.3) is 0 Å². The lowest BCUT2D eigenvalue weighted by atomic mass is 9.95. The summed E-state index contributed by atoms with van der Waals surface area (Å²) in [5.41, 5.74) is 3.83. The molecule has 2 aliphatic heterocycles. The Morgan fingerprint density at radius 1 is 0.853 bits per heavy atom. The molecule has 2 saturated heterocycles. The molecular formula is C29H41N3O2. The van der Waals surface area contributed by atoms with E-state index in [1.165, 1.54) is 55.5 Å². The van der Waals surface area contributed by atoms with E-state index in [0.717, 1.165) is 44.8 Å². The highest BCUT2D eigenvalue weighted by Gasteiger charge is 2.25. The van der Waals surface area contributed by atoms with Gasteiger partial charge in [0.05, 0.1) is 6.61 Å². The summed E-state index contributed by atoms with van der Waals surface area (Å²) in [7, 11) is 0. The van der Waals surface area contributed by atoms with E-state index in [1.54, 1.807) is 0 Å². The number of nitrogens with zero attached hydrogens (tertiary/aromatic N) is 2. The van der Waals surface area contributed by atoms with Gasteiger partial charge < -0.3 is 10.1 Å². The first-order valence-electron chi connectivity index (χ1n) is 13.2. The molecule has 5 nitrogen and oxygen atoms in total. The van der Waals surface area contributed by atoms with E-state index >= 15 is 0 Å². The third kappa shape index (κ3) is 7.57. The molecule has 0 aliphatic carbocycles. The van der Waals surface area contributed by atoms with Gasteiger partial charge in [0.25, 0.3) is 0 Å². The molecule has 0 bridgehead atoms. The lowest BCUT2D eigenvalue weighted by Crippen LogP contribution is -2.40. The number of piperidine rings is 1. The summed E-state index contributed by atoms with van der Waals surface area (Å²) in [5, 5.41) is 3.21. The molecule has 0 saturated carbocycles. The van der Waals surface area contributed by atoms with Gasteiger partial charge in [-0.25, -0.2) is 0 Å². The van der Waals surface area contributed by atoms with Crippen molar-refractivity contribution >= 4 is 5.91 Å². The van der Waals surface area contributed by atoms with Crippen LogP contribution < -0.4 is 10.1 Å². The quantitative estimate of drug-likeness (QED) is 0.569. The molecule has 2 aromatic carbocycles. The molecule has 1 amide bonds. The average Bonchev–Trinajstić information content (AvgIpc) is 3.12. The molecule has 2 heterocycles. The summed E-state index contributed by atoms with van der Waals surface area (Å²) < 4.78 is 5.62. The van der Waals surface area contributed by atoms with Crippen molar-refractivity contribution in [3.63, 3.8) is 0 Å². The minimum atomic E-state index is 0.117. The second-order valence-corrected chi connectivity index (χ2v) is 9.86. The summed E-state index contributed by atoms with van der Waals surface area (Å²) in [5.74, 6) is 1.26. The molecule has 184 valence electrons. The fourth-order valence-electron chi connectivity index (χ4n) is 5.24. The number of carbonyl (C=O) groups is 1. The van der Waals surface area contributed by atoms with Crippen molar-refractivity contribution in [2.24, 2.45) is 5.92 Å². The van der Waals surface area contributed by atoms with Crippen molar-refractivity contribution in [3.8, 4) is 5.75 Å². The number of rotatable bonds is 9. The number of amides is 1. The van der Waals surface area contributed by atoms with Gasteiger partial charge in [-0.3, -0.25) is 14.6 Å². The summed E-state index contributed by atoms with van der Waals surface area (Å²) in [6, 6.07) is 17.1. The smallest absolute Gasteiger partial charge is 0.223 e. The summed E-state index contributed by atoms with van der Waals surface area (Å²) in [6.45, 7) is 9.59. The maximum absolute atomic E-state index is 12.8. The van der Waals surface area contributed by atoms with E-state index in [0.29, 0.717) is 13.2 Å². The lowest BCUT2D eigenvalue weighted by molar-refractivity contribution is -0.126. The molecule has 0 unspecified atom stereocenters. The normalized spacial score (nSPS) is 18.4. The van der Waals surface area contributed by atoms with Crippen LogP contribution in [0.5, 0.6) is 5.75 Å². The lowest BCUT2D eigenvalue weighted by Gasteiger charge is -2.31. The number of hydrogen-bond donors (Lipinski definition) is 1. The van der Waals surface area contributed by atoms with Crippen LogP contribution in [0, 0.1) is 5.92 Å². The van der Waals surface area contributed by atoms with Crippen LogP contribution in [0.3, 0.4) is 0 Å². The second kappa shape index (κ2) is 12.9. The minimum Gasteiger partial charge on any atom is -0.494 e. The van der Waals surface area contributed by atoms with E-state index in [1.807, 2.05) is 13.0 Å². The third-order valence-electron chi connectivity index (χ3n) is 7.14. The maximum atomic E-state index is 12.8. The zero-order valence-electron chi connectivity index (χ0n) is 20.8. The highest BCUT2D eigenvalue weighted by atomic mass is 16.5. The fraction of sp³-hybridized carbons (Fsp3) is 0.552. The van der Waals surface area contributed by atoms with E-state index in [-0.39, 0.29) is 11.8 Å². The van der Waals surface area contributed by atoms with Crippen LogP contribution in [0.4, 0.5) is 0 Å². The van der Waals surface area contributed by atoms with Gasteiger partial charge in [0.1, 0.15) is 5.75 Å². The number of ether oxygens (including phenoxy) is 1. The number of nitrogens with one attached hydrogen (secondary N) is 1. The first kappa shape index (κ1) is 24.7. The van der Waals surface area contributed by atoms with Crippen LogP contribution in [0.2, 0.25) is 0 Å². The minimum absolute atomic E-state index is 0.117. The first-order chi connectivity index (χ1) is 16.7. The van der Waals surface area contributed by atoms with Crippen LogP contribution in [-0.4, -0.2) is 48.5 Å². The Labute approximate surface area is 205 Å². The van der Waals surface area contributed by atoms with Crippen molar-refractivity contribution < 1.29 is 9.53 Å². The number of carbonyl (C=O) groups excluding carboxylic acids is 1. The van der Waals surface area contributed by atoms with Crippen molar-refractivity contribution in [2.45, 2.75) is 65.1 Å². The Morgan fingerprint density at radius 3 is 2.18 bits per heavy atom. The Balaban J connectivity index is 1.20. The van der Waals surface area contributed by atoms with E-state index in [2.05, 4.69) is 57.6 Å². The highest BCUT2D eigenvalue weighted by Crippen LogP contribution is 2.21. The van der Waals surface area contributed by atoms with E-state index in [4.69, 9.17) is 4.74 Å². The van der Waals surface area contributed by atoms with Crippen LogP contribution in [0.15, 0.2) is 48.5 Å². The van der Waals surface area contributed by atoms with Gasteiger partial charge in [-0.2, -0.15) is 0 Å². The van der Waals surface area contributed by atoms with Crippen LogP contribution in [0.1, 0.15) is 62.1 Å². The predicted molar refractivity (Wildman–Crippen MR) is 138 cm³/mol. The molecule has 0 spiro atoms. The molecule has 0 radical (unpaired) electrons. The van der Waals surface area contributed by atoms with Gasteiger partial charge >= 0.3 is 0 Å². The maximum Gasteiger partial charge on any atom is 0.223 e. The molecule has 34 heavy (non-hydrogen) atoms. The zero-order valence-corrected chi connectivity index (χ0v) is 20.8. The molecule has 2 aliphatic rings. The van der Waals surface area contributed by atoms with Gasteiger partial charge in [0.15, 0.2) is 0 Å². The van der Waals surface area contributed by atoms with Crippen molar-refractivity contribution in [1.82, 2.24) is 15.1 Å². The Hall–Kier alpha value is -2.37. The topological polar surface area (TPSA) is 44.8 Å². The van der Waals surface area contributed by atoms with Gasteiger partial charge in [-0.15, -0.1) is 0 Å². The highest BCUT2D eigenvalue weighted by molar-refractivity contribution is 5.78. The van der Waals surface area contributed by atoms with Crippen molar-refractivity contribution in [2.75, 3.05) is 32.8 Å². The van der Waals surface area contributed by atoms with Gasteiger partial charge in [-0.1, -0.05) is 49.2 Å². The van der Waals surface area contributed by atoms with E-state index < -0.39 is 0 Å². The molecule has 2 fully saturated rings. The Morgan fingerprint density at radius 2 is 1.47 bits per heavy atom. The van der Waals surface area contributed by atoms with Crippen LogP contribution in [-0.2, 0) is 24.4 Å². The summed E-state index contributed by atoms with van der Waals surface area (Å²) in [4.78, 5) is 17.9. The Kier molecular flexibility index (Phi) is 9.40. The molecule has 2 aromatic rings. The fourth-order valence-corrected chi connectivity index (χ4v) is 5.24. The summed E-state index contributed by atoms with van der Waals surface area (Å²) >= 11 is 0. The SMILES string of the molecule is CCOc1cccc(CN2CCC(C(=O)NCc3cccc(CN4CCCCCC4)c3)CC2)c1. The van der Waals surface area contributed by atoms with E-state index in [9.17, 15) is 4.79 Å². The largest absolute Gasteiger partial charge is 0.494 e. The van der Waals surface area contributed by atoms with Gasteiger partial charge in [-0.05, 0) is 87.6 Å². The second-order valence-electron chi connectivity index (χ2n) is 9.86. The predicted octanol–water partition coefficient (Wildman–Crippen LogP) is 4.99. The van der Waals surface area contributed by atoms with Gasteiger partial charge in [0.2, 0.25) is 5.91 Å². The van der Waals surface area contributed by atoms with Crippen molar-refractivity contribution in [3.05, 3.63) is 65.2 Å². The zero-order chi connectivity index (χ0) is 23.6. The molecule has 1 N–H and O–H groups in total. The standard InChI is InChI=1S/C29H41N3O2/c1-2-34-28-12-8-11-26(20-28)23-32-17-13-27(14-18-32)29(33)30-21-24-9-7-10-25(19-24)22-31-15-5-3-4-6-16-31/h7-12,19-20,27H,2-6,13-18,21-23H2,1H3,(H,30,33). The monoisotopic (exact) mass is 463 g/mol. The number of hydrogen-bond acceptors (Lipinski definition) is 4. The average molecular weight is 464 g/mol. The first-order valence-corrected chi connectivity index (χ1v) is 13.2. The molecule has 5 heteroatoms. The molecular weight excluding hydrogens is 422 g/mol. The molecule has 0 atom stereocenters. The third-order valence-corrected chi connectivity index (χ3v) is 7.14. The summed E-state index contributed by atoms with van der Waals surface area (Å²) in [6.07, 6.45) is 7.20. The van der Waals surface area contributed by atoms with Gasteiger partial charge in [0, 0.05) is 25.6 Å². The molecule has 0 aromatic heterocycles. The Bertz CT molecular complexity index is 900. The number of likely N-dealkylation sites (tertiary alicyclic amines) is 2.